The Morgan fingerprint density at radius 1 is 0.892 bits per heavy atom. The smallest absolute Gasteiger partial charge is 0.395 e. The van der Waals surface area contributed by atoms with Crippen molar-refractivity contribution in [3.63, 3.8) is 0 Å². The van der Waals surface area contributed by atoms with E-state index in [0.717, 1.165) is 0 Å². The lowest BCUT2D eigenvalue weighted by molar-refractivity contribution is -0.385. The lowest BCUT2D eigenvalue weighted by Gasteiger charge is -2.07. The second-order valence-corrected chi connectivity index (χ2v) is 9.48. The zero-order valence-electron chi connectivity index (χ0n) is 20.4. The van der Waals surface area contributed by atoms with Gasteiger partial charge in [-0.2, -0.15) is 0 Å². The van der Waals surface area contributed by atoms with E-state index in [1.54, 1.807) is 50.6 Å². The predicted octanol–water partition coefficient (Wildman–Crippen LogP) is 8.12. The maximum atomic E-state index is 6.52. The second-order valence-electron chi connectivity index (χ2n) is 8.23. The zero-order valence-corrected chi connectivity index (χ0v) is 22.7. The number of anilines is 1. The molecule has 4 rings (SSSR count). The van der Waals surface area contributed by atoms with Crippen LogP contribution in [-0.2, 0) is 0 Å². The summed E-state index contributed by atoms with van der Waals surface area (Å²) < 4.78 is 11.9. The fraction of sp³-hybridized carbons (Fsp3) is 0.200. The van der Waals surface area contributed by atoms with E-state index in [1.165, 1.54) is 4.70 Å². The SMILES string of the molecule is COc1ccc(N=N/C(=N\Nc2ccc(OC)cc2)C2=NC(C)(C)N=[N+]2c2c(Cl)cc(Cl)cc2Cl)cc1. The molecule has 0 atom stereocenters. The highest BCUT2D eigenvalue weighted by Crippen LogP contribution is 2.39. The molecular formula is C25H23Cl3N7O2+. The van der Waals surface area contributed by atoms with Gasteiger partial charge in [0.05, 0.1) is 35.6 Å². The van der Waals surface area contributed by atoms with Crippen molar-refractivity contribution < 1.29 is 14.2 Å². The summed E-state index contributed by atoms with van der Waals surface area (Å²) in [4.78, 5) is 4.72. The lowest BCUT2D eigenvalue weighted by atomic mass is 10.3. The third-order valence-electron chi connectivity index (χ3n) is 5.03. The van der Waals surface area contributed by atoms with Crippen molar-refractivity contribution in [1.29, 1.82) is 0 Å². The minimum absolute atomic E-state index is 0.142. The maximum Gasteiger partial charge on any atom is 0.395 e. The Hall–Kier alpha value is -3.53. The summed E-state index contributed by atoms with van der Waals surface area (Å²) in [6.45, 7) is 3.67. The van der Waals surface area contributed by atoms with Crippen LogP contribution in [0.1, 0.15) is 13.8 Å². The van der Waals surface area contributed by atoms with Crippen molar-refractivity contribution in [3.05, 3.63) is 75.7 Å². The summed E-state index contributed by atoms with van der Waals surface area (Å²) in [5, 5.41) is 18.9. The van der Waals surface area contributed by atoms with Crippen molar-refractivity contribution in [2.24, 2.45) is 25.4 Å². The molecule has 0 amide bonds. The number of methoxy groups -OCH3 is 2. The Balaban J connectivity index is 1.77. The first-order valence-corrected chi connectivity index (χ1v) is 12.1. The molecule has 0 bridgehead atoms. The average Bonchev–Trinajstić information content (AvgIpc) is 3.18. The van der Waals surface area contributed by atoms with Gasteiger partial charge in [-0.15, -0.1) is 15.3 Å². The molecule has 1 aliphatic rings. The minimum atomic E-state index is -0.849. The predicted molar refractivity (Wildman–Crippen MR) is 147 cm³/mol. The molecule has 0 aromatic heterocycles. The topological polar surface area (TPSA) is 95.3 Å². The number of nitrogens with zero attached hydrogens (tertiary/aromatic N) is 6. The number of rotatable bonds is 7. The summed E-state index contributed by atoms with van der Waals surface area (Å²) in [7, 11) is 3.20. The van der Waals surface area contributed by atoms with Crippen LogP contribution in [0.4, 0.5) is 17.1 Å². The molecule has 0 saturated carbocycles. The quantitative estimate of drug-likeness (QED) is 0.104. The van der Waals surface area contributed by atoms with Gasteiger partial charge >= 0.3 is 5.84 Å². The van der Waals surface area contributed by atoms with E-state index in [2.05, 4.69) is 25.9 Å². The Kier molecular flexibility index (Phi) is 8.06. The van der Waals surface area contributed by atoms with Crippen LogP contribution in [0.25, 0.3) is 0 Å². The molecule has 0 unspecified atom stereocenters. The lowest BCUT2D eigenvalue weighted by Crippen LogP contribution is -2.22. The molecule has 3 aromatic rings. The van der Waals surface area contributed by atoms with Crippen molar-refractivity contribution in [2.45, 2.75) is 19.5 Å². The summed E-state index contributed by atoms with van der Waals surface area (Å²) in [5.74, 6) is 1.85. The van der Waals surface area contributed by atoms with Gasteiger partial charge in [-0.25, -0.2) is 0 Å². The number of azo groups is 3. The molecular weight excluding hydrogens is 537 g/mol. The molecule has 1 heterocycles. The van der Waals surface area contributed by atoms with Gasteiger partial charge in [0.25, 0.3) is 11.5 Å². The number of amidine groups is 2. The van der Waals surface area contributed by atoms with E-state index < -0.39 is 5.66 Å². The molecule has 0 spiro atoms. The molecule has 0 saturated heterocycles. The number of hydrogen-bond donors (Lipinski definition) is 1. The van der Waals surface area contributed by atoms with E-state index in [9.17, 15) is 0 Å². The van der Waals surface area contributed by atoms with E-state index >= 15 is 0 Å². The van der Waals surface area contributed by atoms with Crippen LogP contribution < -0.4 is 14.9 Å². The number of ether oxygens (including phenoxy) is 2. The van der Waals surface area contributed by atoms with Crippen LogP contribution in [0.15, 0.2) is 86.1 Å². The number of nitrogens with one attached hydrogen (secondary N) is 1. The largest absolute Gasteiger partial charge is 0.497 e. The van der Waals surface area contributed by atoms with Crippen LogP contribution in [-0.4, -0.2) is 36.3 Å². The van der Waals surface area contributed by atoms with E-state index in [-0.39, 0.29) is 11.7 Å². The van der Waals surface area contributed by atoms with Gasteiger partial charge in [-0.05, 0) is 65.7 Å². The van der Waals surface area contributed by atoms with Gasteiger partial charge in [-0.1, -0.05) is 44.6 Å². The number of aliphatic imine (C=N–C) groups is 1. The Bertz CT molecular complexity index is 1390. The van der Waals surface area contributed by atoms with Gasteiger partial charge < -0.3 is 9.47 Å². The molecule has 9 nitrogen and oxygen atoms in total. The molecule has 0 fully saturated rings. The van der Waals surface area contributed by atoms with Crippen LogP contribution in [0.3, 0.4) is 0 Å². The Morgan fingerprint density at radius 3 is 2.03 bits per heavy atom. The summed E-state index contributed by atoms with van der Waals surface area (Å²) >= 11 is 19.2. The van der Waals surface area contributed by atoms with E-state index in [4.69, 9.17) is 49.3 Å². The molecule has 1 aliphatic heterocycles. The second kappa shape index (κ2) is 11.2. The van der Waals surface area contributed by atoms with E-state index in [1.807, 2.05) is 38.1 Å². The number of hydrazone groups is 1. The van der Waals surface area contributed by atoms with Crippen molar-refractivity contribution in [2.75, 3.05) is 19.6 Å². The monoisotopic (exact) mass is 558 g/mol. The fourth-order valence-electron chi connectivity index (χ4n) is 3.31. The summed E-state index contributed by atoms with van der Waals surface area (Å²) in [6.07, 6.45) is 0. The van der Waals surface area contributed by atoms with Crippen LogP contribution in [0, 0.1) is 0 Å². The third kappa shape index (κ3) is 6.43. The first kappa shape index (κ1) is 26.5. The van der Waals surface area contributed by atoms with E-state index in [0.29, 0.717) is 43.6 Å². The minimum Gasteiger partial charge on any atom is -0.497 e. The van der Waals surface area contributed by atoms with Crippen molar-refractivity contribution >= 4 is 63.5 Å². The molecule has 37 heavy (non-hydrogen) atoms. The maximum absolute atomic E-state index is 6.52. The average molecular weight is 560 g/mol. The van der Waals surface area contributed by atoms with Crippen LogP contribution in [0.2, 0.25) is 15.1 Å². The fourth-order valence-corrected chi connectivity index (χ4v) is 4.29. The standard InChI is InChI=1S/C25H23Cl3N7O2/c1-25(2)29-24(35(34-25)22-20(27)13-15(26)14-21(22)28)23(32-30-16-5-9-18(36-3)10-6-16)33-31-17-7-11-19(37-4)12-8-17/h5-14,30H,1-4H3/q+1/b32-23-,33-31?. The number of hydrogen-bond acceptors (Lipinski definition) is 7. The van der Waals surface area contributed by atoms with Gasteiger partial charge in [0.2, 0.25) is 0 Å². The highest BCUT2D eigenvalue weighted by Gasteiger charge is 2.43. The number of benzene rings is 3. The van der Waals surface area contributed by atoms with Crippen molar-refractivity contribution in [3.8, 4) is 11.5 Å². The molecule has 0 radical (unpaired) electrons. The van der Waals surface area contributed by atoms with Gasteiger partial charge in [0, 0.05) is 18.9 Å². The molecule has 190 valence electrons. The molecule has 12 heteroatoms. The van der Waals surface area contributed by atoms with Crippen molar-refractivity contribution in [1.82, 2.24) is 0 Å². The Morgan fingerprint density at radius 2 is 1.46 bits per heavy atom. The summed E-state index contributed by atoms with van der Waals surface area (Å²) in [5.41, 5.74) is 3.82. The van der Waals surface area contributed by atoms with Gasteiger partial charge in [-0.3, -0.25) is 5.43 Å². The highest BCUT2D eigenvalue weighted by atomic mass is 35.5. The molecule has 0 aliphatic carbocycles. The van der Waals surface area contributed by atoms with Crippen LogP contribution in [0.5, 0.6) is 11.5 Å². The first-order chi connectivity index (χ1) is 17.7. The molecule has 1 N–H and O–H groups in total. The first-order valence-electron chi connectivity index (χ1n) is 11.0. The van der Waals surface area contributed by atoms with Gasteiger partial charge in [0.15, 0.2) is 5.69 Å². The normalized spacial score (nSPS) is 14.9. The third-order valence-corrected chi connectivity index (χ3v) is 5.83. The van der Waals surface area contributed by atoms with Gasteiger partial charge in [0.1, 0.15) is 11.5 Å². The Labute approximate surface area is 229 Å². The molecule has 3 aromatic carbocycles. The number of halogens is 3. The zero-order chi connectivity index (χ0) is 26.6. The van der Waals surface area contributed by atoms with Crippen LogP contribution >= 0.6 is 34.8 Å². The highest BCUT2D eigenvalue weighted by molar-refractivity contribution is 6.42. The summed E-state index contributed by atoms with van der Waals surface area (Å²) in [6, 6.07) is 17.5.